The fourth-order valence-corrected chi connectivity index (χ4v) is 1.73. The Labute approximate surface area is 109 Å². The molecule has 6 heteroatoms. The maximum absolute atomic E-state index is 6.05. The predicted octanol–water partition coefficient (Wildman–Crippen LogP) is 2.81. The molecule has 2 aromatic rings. The quantitative estimate of drug-likeness (QED) is 0.929. The summed E-state index contributed by atoms with van der Waals surface area (Å²) in [7, 11) is 1.87. The Hall–Kier alpha value is -1.10. The number of nitrogens with zero attached hydrogens (tertiary/aromatic N) is 2. The molecule has 0 spiro atoms. The summed E-state index contributed by atoms with van der Waals surface area (Å²) < 4.78 is 5.50. The summed E-state index contributed by atoms with van der Waals surface area (Å²) in [6, 6.07) is 5.13. The molecule has 0 aliphatic carbocycles. The fraction of sp³-hybridized carbons (Fsp3) is 0.273. The van der Waals surface area contributed by atoms with E-state index in [-0.39, 0.29) is 0 Å². The van der Waals surface area contributed by atoms with E-state index in [1.807, 2.05) is 7.05 Å². The van der Waals surface area contributed by atoms with Crippen LogP contribution >= 0.6 is 23.2 Å². The second kappa shape index (κ2) is 5.49. The third-order valence-electron chi connectivity index (χ3n) is 2.21. The van der Waals surface area contributed by atoms with Gasteiger partial charge in [0.25, 0.3) is 0 Å². The minimum atomic E-state index is 0.392. The number of halogens is 2. The third-order valence-corrected chi connectivity index (χ3v) is 2.78. The van der Waals surface area contributed by atoms with E-state index in [0.717, 1.165) is 6.54 Å². The highest BCUT2D eigenvalue weighted by Crippen LogP contribution is 2.29. The Morgan fingerprint density at radius 3 is 2.88 bits per heavy atom. The summed E-state index contributed by atoms with van der Waals surface area (Å²) in [4.78, 5) is 0. The molecule has 1 aromatic heterocycles. The van der Waals surface area contributed by atoms with Gasteiger partial charge in [0.2, 0.25) is 11.8 Å². The zero-order valence-electron chi connectivity index (χ0n) is 9.20. The van der Waals surface area contributed by atoms with Crippen molar-refractivity contribution in [2.75, 3.05) is 13.6 Å². The van der Waals surface area contributed by atoms with Crippen molar-refractivity contribution in [1.29, 1.82) is 0 Å². The van der Waals surface area contributed by atoms with Gasteiger partial charge >= 0.3 is 0 Å². The first-order valence-electron chi connectivity index (χ1n) is 5.13. The van der Waals surface area contributed by atoms with Gasteiger partial charge in [-0.1, -0.05) is 23.2 Å². The lowest BCUT2D eigenvalue weighted by Crippen LogP contribution is -2.10. The zero-order chi connectivity index (χ0) is 12.3. The molecule has 4 nitrogen and oxygen atoms in total. The normalized spacial score (nSPS) is 10.8. The summed E-state index contributed by atoms with van der Waals surface area (Å²) in [6.45, 7) is 0.783. The van der Waals surface area contributed by atoms with Crippen LogP contribution in [-0.4, -0.2) is 23.8 Å². The Bertz CT molecular complexity index is 513. The summed E-state index contributed by atoms with van der Waals surface area (Å²) in [6.07, 6.45) is 0.682. The maximum Gasteiger partial charge on any atom is 0.249 e. The first kappa shape index (κ1) is 12.4. The lowest BCUT2D eigenvalue weighted by molar-refractivity contribution is 0.500. The molecule has 0 amide bonds. The largest absolute Gasteiger partial charge is 0.421 e. The van der Waals surface area contributed by atoms with Crippen LogP contribution in [0.5, 0.6) is 0 Å². The molecule has 0 fully saturated rings. The van der Waals surface area contributed by atoms with E-state index < -0.39 is 0 Å². The molecule has 0 aliphatic rings. The highest BCUT2D eigenvalue weighted by Gasteiger charge is 2.12. The second-order valence-electron chi connectivity index (χ2n) is 3.48. The van der Waals surface area contributed by atoms with Crippen molar-refractivity contribution in [2.24, 2.45) is 0 Å². The number of likely N-dealkylation sites (N-methyl/N-ethyl adjacent to an activating group) is 1. The summed E-state index contributed by atoms with van der Waals surface area (Å²) in [5.41, 5.74) is 0.655. The lowest BCUT2D eigenvalue weighted by Gasteiger charge is -1.99. The van der Waals surface area contributed by atoms with Crippen molar-refractivity contribution < 1.29 is 4.42 Å². The molecule has 0 saturated heterocycles. The molecular formula is C11H11Cl2N3O. The number of benzene rings is 1. The monoisotopic (exact) mass is 271 g/mol. The van der Waals surface area contributed by atoms with Crippen LogP contribution in [-0.2, 0) is 6.42 Å². The van der Waals surface area contributed by atoms with Gasteiger partial charge in [-0.15, -0.1) is 10.2 Å². The van der Waals surface area contributed by atoms with Crippen molar-refractivity contribution in [1.82, 2.24) is 15.5 Å². The predicted molar refractivity (Wildman–Crippen MR) is 67.4 cm³/mol. The van der Waals surface area contributed by atoms with Crippen LogP contribution in [0.3, 0.4) is 0 Å². The Morgan fingerprint density at radius 2 is 2.12 bits per heavy atom. The first-order valence-corrected chi connectivity index (χ1v) is 5.88. The minimum absolute atomic E-state index is 0.392. The van der Waals surface area contributed by atoms with E-state index in [1.165, 1.54) is 0 Å². The molecule has 90 valence electrons. The van der Waals surface area contributed by atoms with Crippen LogP contribution in [0.1, 0.15) is 5.89 Å². The number of hydrogen-bond acceptors (Lipinski definition) is 4. The van der Waals surface area contributed by atoms with Crippen LogP contribution in [0.2, 0.25) is 10.0 Å². The van der Waals surface area contributed by atoms with Gasteiger partial charge in [-0.05, 0) is 25.2 Å². The Kier molecular flexibility index (Phi) is 3.99. The molecule has 1 N–H and O–H groups in total. The van der Waals surface area contributed by atoms with Crippen molar-refractivity contribution in [3.63, 3.8) is 0 Å². The number of rotatable bonds is 4. The van der Waals surface area contributed by atoms with Gasteiger partial charge < -0.3 is 9.73 Å². The van der Waals surface area contributed by atoms with Crippen LogP contribution in [0.4, 0.5) is 0 Å². The summed E-state index contributed by atoms with van der Waals surface area (Å²) in [5, 5.41) is 12.0. The molecule has 0 aliphatic heterocycles. The van der Waals surface area contributed by atoms with E-state index in [2.05, 4.69) is 15.5 Å². The summed E-state index contributed by atoms with van der Waals surface area (Å²) >= 11 is 11.9. The van der Waals surface area contributed by atoms with Gasteiger partial charge in [-0.25, -0.2) is 0 Å². The fourth-order valence-electron chi connectivity index (χ4n) is 1.36. The first-order chi connectivity index (χ1) is 8.20. The van der Waals surface area contributed by atoms with Gasteiger partial charge in [-0.3, -0.25) is 0 Å². The molecule has 0 radical (unpaired) electrons. The Balaban J connectivity index is 2.27. The number of aromatic nitrogens is 2. The van der Waals surface area contributed by atoms with Crippen molar-refractivity contribution in [3.05, 3.63) is 34.1 Å². The van der Waals surface area contributed by atoms with Gasteiger partial charge in [0.05, 0.1) is 10.6 Å². The highest BCUT2D eigenvalue weighted by molar-refractivity contribution is 6.35. The van der Waals surface area contributed by atoms with Crippen molar-refractivity contribution in [2.45, 2.75) is 6.42 Å². The van der Waals surface area contributed by atoms with Crippen molar-refractivity contribution in [3.8, 4) is 11.5 Å². The minimum Gasteiger partial charge on any atom is -0.421 e. The SMILES string of the molecule is CNCCc1nnc(-c2cc(Cl)ccc2Cl)o1. The molecule has 1 heterocycles. The summed E-state index contributed by atoms with van der Waals surface area (Å²) in [5.74, 6) is 0.967. The maximum atomic E-state index is 6.05. The van der Waals surface area contributed by atoms with Gasteiger partial charge in [0, 0.05) is 18.0 Å². The lowest BCUT2D eigenvalue weighted by atomic mass is 10.2. The van der Waals surface area contributed by atoms with Gasteiger partial charge in [0.15, 0.2) is 0 Å². The van der Waals surface area contributed by atoms with Crippen LogP contribution in [0, 0.1) is 0 Å². The van der Waals surface area contributed by atoms with Gasteiger partial charge in [-0.2, -0.15) is 0 Å². The molecule has 17 heavy (non-hydrogen) atoms. The molecule has 0 saturated carbocycles. The molecule has 0 atom stereocenters. The second-order valence-corrected chi connectivity index (χ2v) is 4.32. The molecule has 2 rings (SSSR count). The average molecular weight is 272 g/mol. The number of nitrogens with one attached hydrogen (secondary N) is 1. The average Bonchev–Trinajstić information content (AvgIpc) is 2.78. The topological polar surface area (TPSA) is 51.0 Å². The van der Waals surface area contributed by atoms with Crippen molar-refractivity contribution >= 4 is 23.2 Å². The van der Waals surface area contributed by atoms with Gasteiger partial charge in [0.1, 0.15) is 0 Å². The van der Waals surface area contributed by atoms with E-state index in [4.69, 9.17) is 27.6 Å². The number of hydrogen-bond donors (Lipinski definition) is 1. The standard InChI is InChI=1S/C11H11Cl2N3O/c1-14-5-4-10-15-16-11(17-10)8-6-7(12)2-3-9(8)13/h2-3,6,14H,4-5H2,1H3. The molecule has 0 bridgehead atoms. The van der Waals surface area contributed by atoms with Crippen LogP contribution in [0.15, 0.2) is 22.6 Å². The Morgan fingerprint density at radius 1 is 1.29 bits per heavy atom. The van der Waals surface area contributed by atoms with E-state index in [1.54, 1.807) is 18.2 Å². The third kappa shape index (κ3) is 2.97. The van der Waals surface area contributed by atoms with Crippen LogP contribution < -0.4 is 5.32 Å². The van der Waals surface area contributed by atoms with Crippen LogP contribution in [0.25, 0.3) is 11.5 Å². The smallest absolute Gasteiger partial charge is 0.249 e. The molecule has 1 aromatic carbocycles. The van der Waals surface area contributed by atoms with E-state index in [0.29, 0.717) is 33.8 Å². The van der Waals surface area contributed by atoms with E-state index in [9.17, 15) is 0 Å². The van der Waals surface area contributed by atoms with E-state index >= 15 is 0 Å². The molecule has 0 unspecified atom stereocenters. The zero-order valence-corrected chi connectivity index (χ0v) is 10.7. The molecular weight excluding hydrogens is 261 g/mol. The highest BCUT2D eigenvalue weighted by atomic mass is 35.5.